The molecule has 5 rings (SSSR count). The standard InChI is InChI=1S/C30H24FNO6S/c1-17(28-29(34)32-30(35)39-28)18-5-12-22(13-6-18)37-15-3-4-23-26(33)24-16-20(31)9-14-25(24)38-27(23)19-7-10-21(36-2)11-8-19/h5-14,16H,3-4,15H2,1-2H3,(H,32,34,35)/b28-17-. The molecule has 0 unspecified atom stereocenters. The zero-order valence-electron chi connectivity index (χ0n) is 21.2. The van der Waals surface area contributed by atoms with Gasteiger partial charge in [-0.1, -0.05) is 12.1 Å². The van der Waals surface area contributed by atoms with Crippen molar-refractivity contribution in [3.63, 3.8) is 0 Å². The lowest BCUT2D eigenvalue weighted by molar-refractivity contribution is -0.115. The summed E-state index contributed by atoms with van der Waals surface area (Å²) in [6, 6.07) is 18.3. The number of hydrogen-bond acceptors (Lipinski definition) is 7. The topological polar surface area (TPSA) is 94.8 Å². The highest BCUT2D eigenvalue weighted by atomic mass is 32.2. The molecule has 3 aromatic carbocycles. The van der Waals surface area contributed by atoms with Crippen molar-refractivity contribution >= 4 is 39.5 Å². The Morgan fingerprint density at radius 2 is 1.69 bits per heavy atom. The van der Waals surface area contributed by atoms with E-state index in [9.17, 15) is 18.8 Å². The van der Waals surface area contributed by atoms with Crippen LogP contribution in [-0.4, -0.2) is 24.9 Å². The number of ether oxygens (including phenoxy) is 2. The van der Waals surface area contributed by atoms with E-state index >= 15 is 0 Å². The molecule has 1 aliphatic rings. The highest BCUT2D eigenvalue weighted by molar-refractivity contribution is 8.18. The highest BCUT2D eigenvalue weighted by Crippen LogP contribution is 2.32. The van der Waals surface area contributed by atoms with Gasteiger partial charge in [-0.05, 0) is 97.3 Å². The average Bonchev–Trinajstić information content (AvgIpc) is 3.29. The second-order valence-electron chi connectivity index (χ2n) is 8.88. The molecule has 2 heterocycles. The van der Waals surface area contributed by atoms with Crippen LogP contribution in [0.4, 0.5) is 9.18 Å². The molecule has 1 N–H and O–H groups in total. The number of hydrogen-bond donors (Lipinski definition) is 1. The van der Waals surface area contributed by atoms with Crippen LogP contribution in [0.1, 0.15) is 24.5 Å². The van der Waals surface area contributed by atoms with Crippen LogP contribution < -0.4 is 20.2 Å². The van der Waals surface area contributed by atoms with Gasteiger partial charge >= 0.3 is 0 Å². The van der Waals surface area contributed by atoms with E-state index < -0.39 is 11.7 Å². The van der Waals surface area contributed by atoms with Crippen LogP contribution in [0.15, 0.2) is 80.8 Å². The number of imide groups is 1. The third-order valence-corrected chi connectivity index (χ3v) is 7.37. The number of fused-ring (bicyclic) bond motifs is 1. The zero-order valence-corrected chi connectivity index (χ0v) is 22.0. The van der Waals surface area contributed by atoms with E-state index in [1.54, 1.807) is 38.3 Å². The summed E-state index contributed by atoms with van der Waals surface area (Å²) in [5, 5.41) is 2.08. The number of benzene rings is 3. The fourth-order valence-electron chi connectivity index (χ4n) is 4.34. The van der Waals surface area contributed by atoms with Crippen molar-refractivity contribution in [2.24, 2.45) is 0 Å². The van der Waals surface area contributed by atoms with Crippen molar-refractivity contribution < 1.29 is 27.9 Å². The van der Waals surface area contributed by atoms with Gasteiger partial charge in [0, 0.05) is 11.1 Å². The number of rotatable bonds is 8. The number of allylic oxidation sites excluding steroid dienone is 1. The second kappa shape index (κ2) is 11.2. The van der Waals surface area contributed by atoms with Gasteiger partial charge in [0.2, 0.25) is 0 Å². The van der Waals surface area contributed by atoms with Crippen LogP contribution in [-0.2, 0) is 11.2 Å². The fourth-order valence-corrected chi connectivity index (χ4v) is 5.08. The molecule has 1 saturated heterocycles. The summed E-state index contributed by atoms with van der Waals surface area (Å²) in [6.07, 6.45) is 0.873. The molecule has 9 heteroatoms. The molecule has 0 aliphatic carbocycles. The van der Waals surface area contributed by atoms with Gasteiger partial charge in [0.15, 0.2) is 5.43 Å². The van der Waals surface area contributed by atoms with E-state index in [2.05, 4.69) is 5.32 Å². The van der Waals surface area contributed by atoms with Gasteiger partial charge in [0.1, 0.15) is 28.7 Å². The number of nitrogens with one attached hydrogen (secondary N) is 1. The highest BCUT2D eigenvalue weighted by Gasteiger charge is 2.27. The molecular formula is C30H24FNO6S. The van der Waals surface area contributed by atoms with Gasteiger partial charge in [-0.2, -0.15) is 0 Å². The third-order valence-electron chi connectivity index (χ3n) is 6.38. The van der Waals surface area contributed by atoms with Gasteiger partial charge in [-0.15, -0.1) is 0 Å². The lowest BCUT2D eigenvalue weighted by atomic mass is 10.0. The molecule has 4 aromatic rings. The summed E-state index contributed by atoms with van der Waals surface area (Å²) in [5.74, 6) is 0.836. The van der Waals surface area contributed by atoms with Crippen molar-refractivity contribution in [1.29, 1.82) is 0 Å². The molecule has 1 fully saturated rings. The number of carbonyl (C=O) groups excluding carboxylic acids is 2. The number of amides is 2. The van der Waals surface area contributed by atoms with Gasteiger partial charge in [-0.3, -0.25) is 19.7 Å². The third kappa shape index (κ3) is 5.58. The summed E-state index contributed by atoms with van der Waals surface area (Å²) in [4.78, 5) is 37.1. The largest absolute Gasteiger partial charge is 0.497 e. The molecule has 0 radical (unpaired) electrons. The SMILES string of the molecule is COc1ccc(-c2oc3ccc(F)cc3c(=O)c2CCCOc2ccc(/C(C)=C3\SC(=O)NC3=O)cc2)cc1. The van der Waals surface area contributed by atoms with E-state index in [1.165, 1.54) is 18.2 Å². The molecule has 198 valence electrons. The van der Waals surface area contributed by atoms with Crippen LogP contribution in [0.2, 0.25) is 0 Å². The Morgan fingerprint density at radius 1 is 0.974 bits per heavy atom. The Kier molecular flexibility index (Phi) is 7.51. The number of carbonyl (C=O) groups is 2. The predicted octanol–water partition coefficient (Wildman–Crippen LogP) is 6.33. The second-order valence-corrected chi connectivity index (χ2v) is 9.87. The normalized spacial score (nSPS) is 14.4. The molecule has 39 heavy (non-hydrogen) atoms. The minimum Gasteiger partial charge on any atom is -0.497 e. The molecule has 7 nitrogen and oxygen atoms in total. The summed E-state index contributed by atoms with van der Waals surface area (Å²) in [7, 11) is 1.58. The predicted molar refractivity (Wildman–Crippen MR) is 148 cm³/mol. The van der Waals surface area contributed by atoms with Crippen LogP contribution in [0.3, 0.4) is 0 Å². The van der Waals surface area contributed by atoms with Crippen LogP contribution in [0.25, 0.3) is 27.9 Å². The van der Waals surface area contributed by atoms with Crippen molar-refractivity contribution in [1.82, 2.24) is 5.32 Å². The van der Waals surface area contributed by atoms with E-state index in [-0.39, 0.29) is 16.1 Å². The van der Waals surface area contributed by atoms with Crippen LogP contribution in [0, 0.1) is 5.82 Å². The summed E-state index contributed by atoms with van der Waals surface area (Å²) < 4.78 is 31.1. The lowest BCUT2D eigenvalue weighted by Gasteiger charge is -2.12. The molecule has 2 amide bonds. The lowest BCUT2D eigenvalue weighted by Crippen LogP contribution is -2.18. The monoisotopic (exact) mass is 545 g/mol. The average molecular weight is 546 g/mol. The van der Waals surface area contributed by atoms with Crippen LogP contribution in [0.5, 0.6) is 11.5 Å². The van der Waals surface area contributed by atoms with Crippen LogP contribution >= 0.6 is 11.8 Å². The molecular weight excluding hydrogens is 521 g/mol. The number of thioether (sulfide) groups is 1. The Morgan fingerprint density at radius 3 is 2.36 bits per heavy atom. The van der Waals surface area contributed by atoms with Crippen molar-refractivity contribution in [2.75, 3.05) is 13.7 Å². The first-order valence-corrected chi connectivity index (χ1v) is 13.0. The van der Waals surface area contributed by atoms with Crippen molar-refractivity contribution in [2.45, 2.75) is 19.8 Å². The van der Waals surface area contributed by atoms with E-state index in [1.807, 2.05) is 24.3 Å². The van der Waals surface area contributed by atoms with E-state index in [0.717, 1.165) is 17.3 Å². The number of methoxy groups -OCH3 is 1. The smallest absolute Gasteiger partial charge is 0.290 e. The molecule has 0 atom stereocenters. The quantitative estimate of drug-likeness (QED) is 0.204. The maximum Gasteiger partial charge on any atom is 0.290 e. The van der Waals surface area contributed by atoms with Gasteiger partial charge < -0.3 is 13.9 Å². The Hall–Kier alpha value is -4.37. The first-order chi connectivity index (χ1) is 18.8. The zero-order chi connectivity index (χ0) is 27.5. The molecule has 1 aliphatic heterocycles. The minimum atomic E-state index is -0.505. The Bertz CT molecular complexity index is 1660. The molecule has 0 saturated carbocycles. The van der Waals surface area contributed by atoms with E-state index in [4.69, 9.17) is 13.9 Å². The van der Waals surface area contributed by atoms with Gasteiger partial charge in [0.05, 0.1) is 24.0 Å². The Balaban J connectivity index is 1.32. The first kappa shape index (κ1) is 26.2. The molecule has 0 bridgehead atoms. The van der Waals surface area contributed by atoms with E-state index in [0.29, 0.717) is 63.9 Å². The fraction of sp³-hybridized carbons (Fsp3) is 0.167. The summed E-state index contributed by atoms with van der Waals surface area (Å²) >= 11 is 0.888. The molecule has 1 aromatic heterocycles. The summed E-state index contributed by atoms with van der Waals surface area (Å²) in [6.45, 7) is 2.12. The minimum absolute atomic E-state index is 0.194. The Labute approximate surface area is 227 Å². The maximum atomic E-state index is 13.9. The first-order valence-electron chi connectivity index (χ1n) is 12.2. The molecule has 0 spiro atoms. The number of halogens is 1. The summed E-state index contributed by atoms with van der Waals surface area (Å²) in [5.41, 5.74) is 2.71. The van der Waals surface area contributed by atoms with Gasteiger partial charge in [0.25, 0.3) is 11.1 Å². The van der Waals surface area contributed by atoms with Gasteiger partial charge in [-0.25, -0.2) is 4.39 Å². The maximum absolute atomic E-state index is 13.9. The van der Waals surface area contributed by atoms with Crippen molar-refractivity contribution in [3.05, 3.63) is 98.8 Å². The van der Waals surface area contributed by atoms with Crippen molar-refractivity contribution in [3.8, 4) is 22.8 Å².